The Morgan fingerprint density at radius 1 is 1.07 bits per heavy atom. The molecule has 1 amide bonds. The molecule has 1 aliphatic rings. The van der Waals surface area contributed by atoms with Gasteiger partial charge in [0.2, 0.25) is 5.91 Å². The van der Waals surface area contributed by atoms with Crippen LogP contribution in [0.2, 0.25) is 0 Å². The van der Waals surface area contributed by atoms with Crippen LogP contribution in [-0.2, 0) is 25.5 Å². The zero-order chi connectivity index (χ0) is 21.9. The van der Waals surface area contributed by atoms with Gasteiger partial charge in [0, 0.05) is 32.7 Å². The van der Waals surface area contributed by atoms with Crippen molar-refractivity contribution in [1.29, 1.82) is 0 Å². The molecular weight excluding hydrogens is 380 g/mol. The number of ketones is 1. The van der Waals surface area contributed by atoms with E-state index in [9.17, 15) is 9.59 Å². The first-order valence-electron chi connectivity index (χ1n) is 11.0. The highest BCUT2D eigenvalue weighted by atomic mass is 16.5. The fraction of sp³-hybridized carbons (Fsp3) is 0.667. The van der Waals surface area contributed by atoms with Gasteiger partial charge < -0.3 is 20.1 Å². The second-order valence-electron chi connectivity index (χ2n) is 8.73. The average Bonchev–Trinajstić information content (AvgIpc) is 3.51. The second kappa shape index (κ2) is 12.8. The summed E-state index contributed by atoms with van der Waals surface area (Å²) in [4.78, 5) is 25.9. The molecule has 30 heavy (non-hydrogen) atoms. The largest absolute Gasteiger partial charge is 0.384 e. The van der Waals surface area contributed by atoms with Crippen LogP contribution in [0.5, 0.6) is 0 Å². The van der Waals surface area contributed by atoms with E-state index in [4.69, 9.17) is 9.47 Å². The number of amides is 1. The zero-order valence-electron chi connectivity index (χ0n) is 18.9. The predicted octanol–water partition coefficient (Wildman–Crippen LogP) is 2.75. The first-order chi connectivity index (χ1) is 14.4. The summed E-state index contributed by atoms with van der Waals surface area (Å²) in [5, 5.41) is 6.44. The highest BCUT2D eigenvalue weighted by Gasteiger charge is 2.30. The summed E-state index contributed by atoms with van der Waals surface area (Å²) in [6.07, 6.45) is 4.39. The number of benzene rings is 1. The summed E-state index contributed by atoms with van der Waals surface area (Å²) >= 11 is 0. The number of methoxy groups -OCH3 is 2. The number of rotatable bonds is 15. The molecule has 6 nitrogen and oxygen atoms in total. The molecule has 3 atom stereocenters. The Bertz CT molecular complexity index is 646. The Hall–Kier alpha value is -1.76. The van der Waals surface area contributed by atoms with Crippen molar-refractivity contribution in [3.63, 3.8) is 0 Å². The number of hydrogen-bond donors (Lipinski definition) is 2. The van der Waals surface area contributed by atoms with Crippen molar-refractivity contribution < 1.29 is 19.1 Å². The lowest BCUT2D eigenvalue weighted by Crippen LogP contribution is -2.47. The molecule has 2 N–H and O–H groups in total. The van der Waals surface area contributed by atoms with E-state index >= 15 is 0 Å². The molecule has 1 saturated carbocycles. The van der Waals surface area contributed by atoms with Crippen LogP contribution in [-0.4, -0.2) is 57.2 Å². The van der Waals surface area contributed by atoms with Crippen LogP contribution in [0.1, 0.15) is 45.1 Å². The number of carbonyl (C=O) groups excluding carboxylic acids is 2. The number of hydrogen-bond acceptors (Lipinski definition) is 5. The van der Waals surface area contributed by atoms with Crippen LogP contribution in [0.4, 0.5) is 0 Å². The van der Waals surface area contributed by atoms with E-state index in [1.54, 1.807) is 14.2 Å². The first-order valence-corrected chi connectivity index (χ1v) is 11.0. The number of carbonyl (C=O) groups is 2. The van der Waals surface area contributed by atoms with Crippen LogP contribution in [0.25, 0.3) is 0 Å². The van der Waals surface area contributed by atoms with E-state index in [1.807, 2.05) is 32.0 Å². The molecule has 0 aromatic heterocycles. The lowest BCUT2D eigenvalue weighted by Gasteiger charge is -2.25. The normalized spacial score (nSPS) is 16.8. The molecule has 6 heteroatoms. The quantitative estimate of drug-likeness (QED) is 0.458. The topological polar surface area (TPSA) is 76.7 Å². The fourth-order valence-corrected chi connectivity index (χ4v) is 3.78. The van der Waals surface area contributed by atoms with Gasteiger partial charge in [0.15, 0.2) is 5.78 Å². The summed E-state index contributed by atoms with van der Waals surface area (Å²) in [7, 11) is 3.14. The molecule has 0 saturated heterocycles. The lowest BCUT2D eigenvalue weighted by atomic mass is 9.96. The fourth-order valence-electron chi connectivity index (χ4n) is 3.78. The van der Waals surface area contributed by atoms with E-state index in [1.165, 1.54) is 18.4 Å². The number of Topliss-reactive ketones (excluding diaryl/α,β-unsaturated/α-hetero) is 1. The SMILES string of the molecule is COC[C@H](CC(=O)[C@H](COC)NC(C)C)C(=O)N[C@@H](Cc1ccccc1)CC1CC1. The summed E-state index contributed by atoms with van der Waals surface area (Å²) < 4.78 is 10.5. The van der Waals surface area contributed by atoms with Crippen LogP contribution in [0.3, 0.4) is 0 Å². The van der Waals surface area contributed by atoms with E-state index < -0.39 is 12.0 Å². The van der Waals surface area contributed by atoms with Crippen molar-refractivity contribution in [2.45, 2.75) is 64.1 Å². The van der Waals surface area contributed by atoms with Gasteiger partial charge in [-0.3, -0.25) is 9.59 Å². The minimum Gasteiger partial charge on any atom is -0.384 e. The molecular formula is C24H38N2O4. The maximum Gasteiger partial charge on any atom is 0.226 e. The Kier molecular flexibility index (Phi) is 10.5. The third kappa shape index (κ3) is 8.94. The average molecular weight is 419 g/mol. The molecule has 0 spiro atoms. The summed E-state index contributed by atoms with van der Waals surface area (Å²) in [5.74, 6) is 0.0631. The number of nitrogens with one attached hydrogen (secondary N) is 2. The third-order valence-corrected chi connectivity index (χ3v) is 5.43. The van der Waals surface area contributed by atoms with Gasteiger partial charge in [-0.25, -0.2) is 0 Å². The van der Waals surface area contributed by atoms with Crippen molar-refractivity contribution in [1.82, 2.24) is 10.6 Å². The zero-order valence-corrected chi connectivity index (χ0v) is 18.9. The van der Waals surface area contributed by atoms with Crippen LogP contribution in [0, 0.1) is 11.8 Å². The Morgan fingerprint density at radius 2 is 1.73 bits per heavy atom. The lowest BCUT2D eigenvalue weighted by molar-refractivity contribution is -0.133. The molecule has 0 heterocycles. The van der Waals surface area contributed by atoms with Crippen molar-refractivity contribution in [3.8, 4) is 0 Å². The van der Waals surface area contributed by atoms with Gasteiger partial charge in [0.05, 0.1) is 25.2 Å². The van der Waals surface area contributed by atoms with E-state index in [-0.39, 0.29) is 43.4 Å². The monoisotopic (exact) mass is 418 g/mol. The molecule has 1 fully saturated rings. The molecule has 168 valence electrons. The number of ether oxygens (including phenoxy) is 2. The maximum absolute atomic E-state index is 13.1. The molecule has 0 radical (unpaired) electrons. The van der Waals surface area contributed by atoms with Gasteiger partial charge in [-0.2, -0.15) is 0 Å². The smallest absolute Gasteiger partial charge is 0.226 e. The summed E-state index contributed by atoms with van der Waals surface area (Å²) in [5.41, 5.74) is 1.21. The van der Waals surface area contributed by atoms with Gasteiger partial charge in [-0.1, -0.05) is 57.0 Å². The van der Waals surface area contributed by atoms with Crippen molar-refractivity contribution in [2.24, 2.45) is 11.8 Å². The van der Waals surface area contributed by atoms with Crippen LogP contribution < -0.4 is 10.6 Å². The van der Waals surface area contributed by atoms with Gasteiger partial charge in [0.1, 0.15) is 0 Å². The van der Waals surface area contributed by atoms with Gasteiger partial charge >= 0.3 is 0 Å². The Labute approximate surface area is 181 Å². The van der Waals surface area contributed by atoms with Crippen molar-refractivity contribution >= 4 is 11.7 Å². The minimum absolute atomic E-state index is 0.0236. The van der Waals surface area contributed by atoms with Gasteiger partial charge in [-0.15, -0.1) is 0 Å². The molecule has 1 aromatic carbocycles. The van der Waals surface area contributed by atoms with Crippen molar-refractivity contribution in [2.75, 3.05) is 27.4 Å². The van der Waals surface area contributed by atoms with E-state index in [2.05, 4.69) is 22.8 Å². The maximum atomic E-state index is 13.1. The third-order valence-electron chi connectivity index (χ3n) is 5.43. The second-order valence-corrected chi connectivity index (χ2v) is 8.73. The Morgan fingerprint density at radius 3 is 2.30 bits per heavy atom. The standard InChI is InChI=1S/C24H38N2O4/c1-17(2)25-22(16-30-4)23(27)14-20(15-29-3)24(28)26-21(13-19-10-11-19)12-18-8-6-5-7-9-18/h5-9,17,19-22,25H,10-16H2,1-4H3,(H,26,28)/t20-,21-,22-/m0/s1. The highest BCUT2D eigenvalue weighted by Crippen LogP contribution is 2.34. The summed E-state index contributed by atoms with van der Waals surface area (Å²) in [6.45, 7) is 4.49. The van der Waals surface area contributed by atoms with E-state index in [0.717, 1.165) is 12.8 Å². The van der Waals surface area contributed by atoms with Gasteiger partial charge in [0.25, 0.3) is 0 Å². The molecule has 0 aliphatic heterocycles. The van der Waals surface area contributed by atoms with Crippen LogP contribution in [0.15, 0.2) is 30.3 Å². The molecule has 0 unspecified atom stereocenters. The van der Waals surface area contributed by atoms with Crippen molar-refractivity contribution in [3.05, 3.63) is 35.9 Å². The van der Waals surface area contributed by atoms with E-state index in [0.29, 0.717) is 5.92 Å². The first kappa shape index (κ1) is 24.5. The molecule has 1 aliphatic carbocycles. The molecule has 1 aromatic rings. The molecule has 2 rings (SSSR count). The Balaban J connectivity index is 2.00. The highest BCUT2D eigenvalue weighted by molar-refractivity contribution is 5.90. The predicted molar refractivity (Wildman–Crippen MR) is 118 cm³/mol. The van der Waals surface area contributed by atoms with Crippen LogP contribution >= 0.6 is 0 Å². The molecule has 0 bridgehead atoms. The van der Waals surface area contributed by atoms with Gasteiger partial charge in [-0.05, 0) is 24.3 Å². The summed E-state index contributed by atoms with van der Waals surface area (Å²) in [6, 6.07) is 10.0. The minimum atomic E-state index is -0.506.